The van der Waals surface area contributed by atoms with Gasteiger partial charge in [-0.25, -0.2) is 8.78 Å². The van der Waals surface area contributed by atoms with Crippen LogP contribution in [-0.4, -0.2) is 32.5 Å². The lowest BCUT2D eigenvalue weighted by atomic mass is 10.0. The van der Waals surface area contributed by atoms with Crippen molar-refractivity contribution >= 4 is 11.5 Å². The molecule has 0 spiro atoms. The van der Waals surface area contributed by atoms with Gasteiger partial charge in [-0.05, 0) is 36.2 Å². The average Bonchev–Trinajstić information content (AvgIpc) is 3.23. The molecule has 11 heteroatoms. The van der Waals surface area contributed by atoms with E-state index in [2.05, 4.69) is 20.6 Å². The van der Waals surface area contributed by atoms with Crippen LogP contribution in [0.1, 0.15) is 23.9 Å². The van der Waals surface area contributed by atoms with Gasteiger partial charge in [0.05, 0.1) is 6.04 Å². The quantitative estimate of drug-likeness (QED) is 0.701. The van der Waals surface area contributed by atoms with Crippen LogP contribution in [0.2, 0.25) is 0 Å². The van der Waals surface area contributed by atoms with Crippen molar-refractivity contribution in [3.63, 3.8) is 0 Å². The van der Waals surface area contributed by atoms with E-state index in [0.29, 0.717) is 23.1 Å². The molecule has 27 heavy (non-hydrogen) atoms. The number of fused-ring (bicyclic) bond motifs is 1. The Bertz CT molecular complexity index is 989. The van der Waals surface area contributed by atoms with Crippen LogP contribution in [0.5, 0.6) is 0 Å². The van der Waals surface area contributed by atoms with Crippen LogP contribution in [0.25, 0.3) is 5.65 Å². The Labute approximate surface area is 149 Å². The highest BCUT2D eigenvalue weighted by Gasteiger charge is 2.38. The van der Waals surface area contributed by atoms with Crippen molar-refractivity contribution in [2.45, 2.75) is 24.7 Å². The lowest BCUT2D eigenvalue weighted by Crippen LogP contribution is -2.24. The number of nitrogens with zero attached hydrogens (tertiary/aromatic N) is 4. The summed E-state index contributed by atoms with van der Waals surface area (Å²) in [5.41, 5.74) is 0.373. The van der Waals surface area contributed by atoms with E-state index < -0.39 is 29.7 Å². The first kappa shape index (κ1) is 17.6. The first-order valence-electron chi connectivity index (χ1n) is 7.95. The molecule has 0 aliphatic carbocycles. The van der Waals surface area contributed by atoms with Gasteiger partial charge in [0, 0.05) is 6.61 Å². The number of ether oxygens (including phenoxy) is 1. The molecule has 0 saturated carbocycles. The molecule has 1 aliphatic rings. The maximum atomic E-state index is 13.5. The second-order valence-corrected chi connectivity index (χ2v) is 6.01. The third-order valence-electron chi connectivity index (χ3n) is 4.21. The second-order valence-electron chi connectivity index (χ2n) is 6.01. The Balaban J connectivity index is 1.61. The fourth-order valence-electron chi connectivity index (χ4n) is 2.99. The highest BCUT2D eigenvalue weighted by Crippen LogP contribution is 2.32. The summed E-state index contributed by atoms with van der Waals surface area (Å²) in [5, 5.41) is 13.4. The molecule has 4 rings (SSSR count). The monoisotopic (exact) mass is 385 g/mol. The van der Waals surface area contributed by atoms with Crippen molar-refractivity contribution in [3.05, 3.63) is 53.4 Å². The number of hydrogen-bond donors (Lipinski definition) is 1. The summed E-state index contributed by atoms with van der Waals surface area (Å²) < 4.78 is 71.7. The third kappa shape index (κ3) is 3.29. The molecule has 0 bridgehead atoms. The van der Waals surface area contributed by atoms with Crippen LogP contribution in [0.4, 0.5) is 27.8 Å². The van der Waals surface area contributed by atoms with Crippen LogP contribution in [0.3, 0.4) is 0 Å². The SMILES string of the molecule is Fc1ccc(C2OCCC2Nc2ccc3nnc(C(F)(F)F)n3n2)cc1F. The van der Waals surface area contributed by atoms with E-state index in [9.17, 15) is 22.0 Å². The molecule has 2 aromatic heterocycles. The minimum Gasteiger partial charge on any atom is -0.371 e. The standard InChI is InChI=1S/C16H12F5N5O/c17-9-2-1-8(7-10(9)18)14-11(5-6-27-14)22-12-3-4-13-23-24-15(16(19,20)21)26(13)25-12/h1-4,7,11,14H,5-6H2,(H,22,25). The van der Waals surface area contributed by atoms with Gasteiger partial charge >= 0.3 is 6.18 Å². The Morgan fingerprint density at radius 1 is 1.07 bits per heavy atom. The van der Waals surface area contributed by atoms with Gasteiger partial charge in [0.25, 0.3) is 5.82 Å². The van der Waals surface area contributed by atoms with Gasteiger partial charge < -0.3 is 10.1 Å². The molecule has 0 amide bonds. The van der Waals surface area contributed by atoms with E-state index in [1.165, 1.54) is 18.2 Å². The van der Waals surface area contributed by atoms with Gasteiger partial charge in [-0.15, -0.1) is 15.3 Å². The molecule has 6 nitrogen and oxygen atoms in total. The van der Waals surface area contributed by atoms with Crippen LogP contribution < -0.4 is 5.32 Å². The number of aromatic nitrogens is 4. The zero-order valence-electron chi connectivity index (χ0n) is 13.5. The number of rotatable bonds is 3. The van der Waals surface area contributed by atoms with Crippen LogP contribution in [0, 0.1) is 11.6 Å². The van der Waals surface area contributed by atoms with E-state index in [1.54, 1.807) is 0 Å². The van der Waals surface area contributed by atoms with Crippen molar-refractivity contribution in [2.24, 2.45) is 0 Å². The fraction of sp³-hybridized carbons (Fsp3) is 0.312. The average molecular weight is 385 g/mol. The Morgan fingerprint density at radius 2 is 1.89 bits per heavy atom. The molecule has 1 fully saturated rings. The summed E-state index contributed by atoms with van der Waals surface area (Å²) in [7, 11) is 0. The number of anilines is 1. The van der Waals surface area contributed by atoms with Gasteiger partial charge in [-0.2, -0.15) is 17.7 Å². The Kier molecular flexibility index (Phi) is 4.17. The van der Waals surface area contributed by atoms with E-state index in [-0.39, 0.29) is 17.5 Å². The third-order valence-corrected chi connectivity index (χ3v) is 4.21. The van der Waals surface area contributed by atoms with E-state index in [0.717, 1.165) is 12.1 Å². The summed E-state index contributed by atoms with van der Waals surface area (Å²) in [6.45, 7) is 0.351. The van der Waals surface area contributed by atoms with Gasteiger partial charge in [-0.1, -0.05) is 6.07 Å². The first-order chi connectivity index (χ1) is 12.8. The molecule has 2 atom stereocenters. The van der Waals surface area contributed by atoms with Crippen LogP contribution in [0.15, 0.2) is 30.3 Å². The van der Waals surface area contributed by atoms with Crippen molar-refractivity contribution in [3.8, 4) is 0 Å². The van der Waals surface area contributed by atoms with E-state index in [4.69, 9.17) is 4.74 Å². The molecule has 1 aliphatic heterocycles. The highest BCUT2D eigenvalue weighted by molar-refractivity contribution is 5.45. The van der Waals surface area contributed by atoms with Crippen molar-refractivity contribution < 1.29 is 26.7 Å². The zero-order valence-corrected chi connectivity index (χ0v) is 13.5. The van der Waals surface area contributed by atoms with Crippen LogP contribution in [-0.2, 0) is 10.9 Å². The smallest absolute Gasteiger partial charge is 0.371 e. The molecular weight excluding hydrogens is 373 g/mol. The minimum absolute atomic E-state index is 0.0484. The van der Waals surface area contributed by atoms with Gasteiger partial charge in [0.15, 0.2) is 17.3 Å². The molecule has 142 valence electrons. The number of hydrogen-bond acceptors (Lipinski definition) is 5. The van der Waals surface area contributed by atoms with Gasteiger partial charge in [-0.3, -0.25) is 0 Å². The van der Waals surface area contributed by atoms with Gasteiger partial charge in [0.1, 0.15) is 11.9 Å². The molecule has 2 unspecified atom stereocenters. The van der Waals surface area contributed by atoms with Gasteiger partial charge in [0.2, 0.25) is 0 Å². The second kappa shape index (κ2) is 6.41. The molecule has 0 radical (unpaired) electrons. The number of halogens is 5. The minimum atomic E-state index is -4.70. The lowest BCUT2D eigenvalue weighted by molar-refractivity contribution is -0.146. The van der Waals surface area contributed by atoms with Crippen molar-refractivity contribution in [1.82, 2.24) is 19.8 Å². The summed E-state index contributed by atoms with van der Waals surface area (Å²) >= 11 is 0. The molecule has 1 aromatic carbocycles. The van der Waals surface area contributed by atoms with Crippen molar-refractivity contribution in [1.29, 1.82) is 0 Å². The van der Waals surface area contributed by atoms with Crippen molar-refractivity contribution in [2.75, 3.05) is 11.9 Å². The van der Waals surface area contributed by atoms with E-state index >= 15 is 0 Å². The predicted molar refractivity (Wildman–Crippen MR) is 82.9 cm³/mol. The largest absolute Gasteiger partial charge is 0.453 e. The maximum Gasteiger partial charge on any atom is 0.453 e. The Morgan fingerprint density at radius 3 is 2.63 bits per heavy atom. The normalized spacial score (nSPS) is 20.3. The maximum absolute atomic E-state index is 13.5. The summed E-state index contributed by atoms with van der Waals surface area (Å²) in [4.78, 5) is 0. The molecule has 3 heterocycles. The van der Waals surface area contributed by atoms with Crippen LogP contribution >= 0.6 is 0 Å². The molecule has 3 aromatic rings. The van der Waals surface area contributed by atoms with E-state index in [1.807, 2.05) is 0 Å². The molecule has 1 saturated heterocycles. The first-order valence-corrected chi connectivity index (χ1v) is 7.95. The summed E-state index contributed by atoms with van der Waals surface area (Å²) in [6.07, 6.45) is -4.78. The molecular formula is C16H12F5N5O. The summed E-state index contributed by atoms with van der Waals surface area (Å²) in [6, 6.07) is 5.87. The number of nitrogens with one attached hydrogen (secondary N) is 1. The summed E-state index contributed by atoms with van der Waals surface area (Å²) in [5.74, 6) is -3.06. The predicted octanol–water partition coefficient (Wildman–Crippen LogP) is 3.36. The topological polar surface area (TPSA) is 64.3 Å². The molecule has 1 N–H and O–H groups in total. The number of alkyl halides is 3. The highest BCUT2D eigenvalue weighted by atomic mass is 19.4. The zero-order chi connectivity index (χ0) is 19.2. The Hall–Kier alpha value is -2.82. The fourth-order valence-corrected chi connectivity index (χ4v) is 2.99. The number of benzene rings is 1. The lowest BCUT2D eigenvalue weighted by Gasteiger charge is -2.21.